The van der Waals surface area contributed by atoms with Crippen molar-refractivity contribution in [1.29, 1.82) is 0 Å². The molecule has 1 aromatic rings. The van der Waals surface area contributed by atoms with Crippen molar-refractivity contribution in [1.82, 2.24) is 0 Å². The van der Waals surface area contributed by atoms with Crippen LogP contribution in [0.25, 0.3) is 0 Å². The molecule has 1 aromatic carbocycles. The van der Waals surface area contributed by atoms with Gasteiger partial charge in [-0.3, -0.25) is 4.79 Å². The van der Waals surface area contributed by atoms with Gasteiger partial charge >= 0.3 is 0 Å². The summed E-state index contributed by atoms with van der Waals surface area (Å²) in [7, 11) is 0. The van der Waals surface area contributed by atoms with Crippen molar-refractivity contribution >= 4 is 5.78 Å². The largest absolute Gasteiger partial charge is 0.488 e. The Morgan fingerprint density at radius 3 is 2.12 bits per heavy atom. The monoisotopic (exact) mass is 234 g/mol. The van der Waals surface area contributed by atoms with Crippen LogP contribution < -0.4 is 4.74 Å². The molecule has 0 aliphatic carbocycles. The summed E-state index contributed by atoms with van der Waals surface area (Å²) in [4.78, 5) is 11.6. The fourth-order valence-electron chi connectivity index (χ4n) is 1.43. The molecular formula is C15H22O2. The number of rotatable bonds is 4. The van der Waals surface area contributed by atoms with Crippen LogP contribution in [-0.2, 0) is 11.2 Å². The number of ketones is 1. The molecule has 1 rings (SSSR count). The zero-order valence-corrected chi connectivity index (χ0v) is 11.4. The van der Waals surface area contributed by atoms with Crippen molar-refractivity contribution in [2.75, 3.05) is 0 Å². The summed E-state index contributed by atoms with van der Waals surface area (Å²) in [6, 6.07) is 7.77. The first-order valence-corrected chi connectivity index (χ1v) is 6.08. The van der Waals surface area contributed by atoms with Crippen LogP contribution in [0.1, 0.15) is 40.2 Å². The molecule has 17 heavy (non-hydrogen) atoms. The lowest BCUT2D eigenvalue weighted by molar-refractivity contribution is -0.121. The number of carbonyl (C=O) groups excluding carboxylic acids is 1. The zero-order valence-electron chi connectivity index (χ0n) is 11.4. The van der Waals surface area contributed by atoms with Crippen molar-refractivity contribution in [3.05, 3.63) is 29.8 Å². The van der Waals surface area contributed by atoms with Gasteiger partial charge in [-0.2, -0.15) is 0 Å². The number of benzene rings is 1. The highest BCUT2D eigenvalue weighted by molar-refractivity contribution is 5.82. The quantitative estimate of drug-likeness (QED) is 0.795. The molecule has 0 radical (unpaired) electrons. The van der Waals surface area contributed by atoms with Crippen LogP contribution in [0.15, 0.2) is 24.3 Å². The van der Waals surface area contributed by atoms with Gasteiger partial charge in [-0.15, -0.1) is 0 Å². The Kier molecular flexibility index (Phi) is 4.33. The number of Topliss-reactive ketones (excluding diaryl/α,β-unsaturated/α-hetero) is 1. The van der Waals surface area contributed by atoms with Gasteiger partial charge in [0.1, 0.15) is 17.1 Å². The molecule has 0 spiro atoms. The Labute approximate surface area is 104 Å². The first-order valence-electron chi connectivity index (χ1n) is 6.08. The van der Waals surface area contributed by atoms with E-state index >= 15 is 0 Å². The first kappa shape index (κ1) is 13.8. The molecule has 0 atom stereocenters. The Bertz CT molecular complexity index is 369. The van der Waals surface area contributed by atoms with E-state index in [1.165, 1.54) is 0 Å². The van der Waals surface area contributed by atoms with E-state index in [-0.39, 0.29) is 17.3 Å². The second-order valence-electron chi connectivity index (χ2n) is 5.66. The average molecular weight is 234 g/mol. The van der Waals surface area contributed by atoms with Crippen molar-refractivity contribution in [2.24, 2.45) is 5.92 Å². The maximum Gasteiger partial charge on any atom is 0.139 e. The molecule has 0 saturated carbocycles. The van der Waals surface area contributed by atoms with Crippen molar-refractivity contribution in [3.63, 3.8) is 0 Å². The van der Waals surface area contributed by atoms with Crippen molar-refractivity contribution < 1.29 is 9.53 Å². The summed E-state index contributed by atoms with van der Waals surface area (Å²) in [5.41, 5.74) is 0.861. The number of hydrogen-bond acceptors (Lipinski definition) is 2. The molecule has 0 heterocycles. The standard InChI is InChI=1S/C15H22O2/c1-11(2)14(16)10-12-6-8-13(9-7-12)17-15(3,4)5/h6-9,11H,10H2,1-5H3. The maximum absolute atomic E-state index is 11.6. The van der Waals surface area contributed by atoms with Crippen LogP contribution in [0, 0.1) is 5.92 Å². The van der Waals surface area contributed by atoms with Crippen LogP contribution in [0.5, 0.6) is 5.75 Å². The predicted octanol–water partition coefficient (Wildman–Crippen LogP) is 3.63. The third-order valence-corrected chi connectivity index (χ3v) is 2.37. The Hall–Kier alpha value is -1.31. The summed E-state index contributed by atoms with van der Waals surface area (Å²) < 4.78 is 5.72. The minimum atomic E-state index is -0.185. The molecule has 0 saturated heterocycles. The van der Waals surface area contributed by atoms with Crippen LogP contribution in [0.4, 0.5) is 0 Å². The lowest BCUT2D eigenvalue weighted by Crippen LogP contribution is -2.22. The molecule has 0 bridgehead atoms. The third-order valence-electron chi connectivity index (χ3n) is 2.37. The van der Waals surface area contributed by atoms with E-state index < -0.39 is 0 Å². The highest BCUT2D eigenvalue weighted by atomic mass is 16.5. The molecular weight excluding hydrogens is 212 g/mol. The number of ether oxygens (including phenoxy) is 1. The van der Waals surface area contributed by atoms with Crippen molar-refractivity contribution in [2.45, 2.75) is 46.6 Å². The third kappa shape index (κ3) is 5.03. The molecule has 2 nitrogen and oxygen atoms in total. The van der Waals surface area contributed by atoms with E-state index in [2.05, 4.69) is 0 Å². The Morgan fingerprint density at radius 2 is 1.71 bits per heavy atom. The van der Waals surface area contributed by atoms with Crippen LogP contribution in [0.3, 0.4) is 0 Å². The van der Waals surface area contributed by atoms with E-state index in [9.17, 15) is 4.79 Å². The summed E-state index contributed by atoms with van der Waals surface area (Å²) in [6.45, 7) is 9.91. The molecule has 0 aliphatic rings. The molecule has 0 fully saturated rings. The van der Waals surface area contributed by atoms with Gasteiger partial charge < -0.3 is 4.74 Å². The smallest absolute Gasteiger partial charge is 0.139 e. The molecule has 0 aliphatic heterocycles. The van der Waals surface area contributed by atoms with E-state index in [1.807, 2.05) is 58.9 Å². The summed E-state index contributed by atoms with van der Waals surface area (Å²) in [5.74, 6) is 1.22. The fourth-order valence-corrected chi connectivity index (χ4v) is 1.43. The Balaban J connectivity index is 2.65. The number of hydrogen-bond donors (Lipinski definition) is 0. The highest BCUT2D eigenvalue weighted by Crippen LogP contribution is 2.19. The van der Waals surface area contributed by atoms with E-state index in [1.54, 1.807) is 0 Å². The molecule has 0 N–H and O–H groups in total. The minimum Gasteiger partial charge on any atom is -0.488 e. The van der Waals surface area contributed by atoms with E-state index in [0.29, 0.717) is 6.42 Å². The SMILES string of the molecule is CC(C)C(=O)Cc1ccc(OC(C)(C)C)cc1. The van der Waals surface area contributed by atoms with Gasteiger partial charge in [0, 0.05) is 12.3 Å². The predicted molar refractivity (Wildman–Crippen MR) is 70.4 cm³/mol. The van der Waals surface area contributed by atoms with E-state index in [0.717, 1.165) is 11.3 Å². The van der Waals surface area contributed by atoms with Gasteiger partial charge in [-0.25, -0.2) is 0 Å². The van der Waals surface area contributed by atoms with Gasteiger partial charge in [0.15, 0.2) is 0 Å². The van der Waals surface area contributed by atoms with Gasteiger partial charge in [-0.05, 0) is 38.5 Å². The Morgan fingerprint density at radius 1 is 1.18 bits per heavy atom. The lowest BCUT2D eigenvalue weighted by Gasteiger charge is -2.21. The summed E-state index contributed by atoms with van der Waals surface area (Å²) >= 11 is 0. The molecule has 94 valence electrons. The molecule has 0 aromatic heterocycles. The van der Waals surface area contributed by atoms with Crippen molar-refractivity contribution in [3.8, 4) is 5.75 Å². The fraction of sp³-hybridized carbons (Fsp3) is 0.533. The van der Waals surface area contributed by atoms with Gasteiger partial charge in [-0.1, -0.05) is 26.0 Å². The average Bonchev–Trinajstić information content (AvgIpc) is 2.18. The minimum absolute atomic E-state index is 0.0977. The number of carbonyl (C=O) groups is 1. The van der Waals surface area contributed by atoms with Gasteiger partial charge in [0.25, 0.3) is 0 Å². The lowest BCUT2D eigenvalue weighted by atomic mass is 10.0. The second-order valence-corrected chi connectivity index (χ2v) is 5.66. The van der Waals surface area contributed by atoms with Crippen LogP contribution in [0.2, 0.25) is 0 Å². The second kappa shape index (κ2) is 5.35. The van der Waals surface area contributed by atoms with Crippen LogP contribution >= 0.6 is 0 Å². The normalized spacial score (nSPS) is 11.6. The topological polar surface area (TPSA) is 26.3 Å². The van der Waals surface area contributed by atoms with E-state index in [4.69, 9.17) is 4.74 Å². The van der Waals surface area contributed by atoms with Gasteiger partial charge in [0.05, 0.1) is 0 Å². The first-order chi connectivity index (χ1) is 7.78. The highest BCUT2D eigenvalue weighted by Gasteiger charge is 2.12. The maximum atomic E-state index is 11.6. The molecule has 0 amide bonds. The molecule has 0 unspecified atom stereocenters. The van der Waals surface area contributed by atoms with Gasteiger partial charge in [0.2, 0.25) is 0 Å². The summed E-state index contributed by atoms with van der Waals surface area (Å²) in [5, 5.41) is 0. The summed E-state index contributed by atoms with van der Waals surface area (Å²) in [6.07, 6.45) is 0.507. The molecule has 2 heteroatoms. The van der Waals surface area contributed by atoms with Crippen LogP contribution in [-0.4, -0.2) is 11.4 Å². The zero-order chi connectivity index (χ0) is 13.1.